The lowest BCUT2D eigenvalue weighted by molar-refractivity contribution is 0.311. The first-order chi connectivity index (χ1) is 13.6. The SMILES string of the molecule is Cc1nc(N2CCN(C)CC2)ncc1-c1cc(=O)[nH]c(NCc2ccco2)n1. The summed E-state index contributed by atoms with van der Waals surface area (Å²) in [4.78, 5) is 32.9. The van der Waals surface area contributed by atoms with Crippen LogP contribution >= 0.6 is 0 Å². The van der Waals surface area contributed by atoms with Gasteiger partial charge in [-0.1, -0.05) is 0 Å². The van der Waals surface area contributed by atoms with Gasteiger partial charge in [-0.05, 0) is 26.1 Å². The van der Waals surface area contributed by atoms with Gasteiger partial charge in [-0.25, -0.2) is 15.0 Å². The highest BCUT2D eigenvalue weighted by molar-refractivity contribution is 5.62. The second-order valence-electron chi connectivity index (χ2n) is 6.87. The molecule has 0 spiro atoms. The highest BCUT2D eigenvalue weighted by atomic mass is 16.3. The molecule has 28 heavy (non-hydrogen) atoms. The maximum Gasteiger partial charge on any atom is 0.252 e. The van der Waals surface area contributed by atoms with Gasteiger partial charge in [-0.2, -0.15) is 0 Å². The number of hydrogen-bond donors (Lipinski definition) is 2. The third-order valence-electron chi connectivity index (χ3n) is 4.78. The van der Waals surface area contributed by atoms with E-state index >= 15 is 0 Å². The molecule has 0 amide bonds. The smallest absolute Gasteiger partial charge is 0.252 e. The van der Waals surface area contributed by atoms with E-state index in [0.29, 0.717) is 18.2 Å². The number of nitrogens with one attached hydrogen (secondary N) is 2. The Hall–Kier alpha value is -3.20. The van der Waals surface area contributed by atoms with E-state index in [9.17, 15) is 4.79 Å². The Balaban J connectivity index is 1.55. The number of aromatic nitrogens is 4. The molecule has 146 valence electrons. The van der Waals surface area contributed by atoms with Crippen LogP contribution in [0.5, 0.6) is 0 Å². The monoisotopic (exact) mass is 381 g/mol. The van der Waals surface area contributed by atoms with Crippen molar-refractivity contribution in [2.45, 2.75) is 13.5 Å². The summed E-state index contributed by atoms with van der Waals surface area (Å²) in [6, 6.07) is 5.12. The maximum atomic E-state index is 12.1. The van der Waals surface area contributed by atoms with Crippen molar-refractivity contribution in [3.63, 3.8) is 0 Å². The first-order valence-corrected chi connectivity index (χ1v) is 9.23. The van der Waals surface area contributed by atoms with Crippen molar-refractivity contribution >= 4 is 11.9 Å². The van der Waals surface area contributed by atoms with Crippen molar-refractivity contribution in [1.29, 1.82) is 0 Å². The number of piperazine rings is 1. The van der Waals surface area contributed by atoms with Crippen molar-refractivity contribution in [3.8, 4) is 11.3 Å². The predicted octanol–water partition coefficient (Wildman–Crippen LogP) is 1.49. The van der Waals surface area contributed by atoms with Crippen LogP contribution in [-0.4, -0.2) is 58.1 Å². The third-order valence-corrected chi connectivity index (χ3v) is 4.78. The van der Waals surface area contributed by atoms with E-state index in [1.54, 1.807) is 12.5 Å². The summed E-state index contributed by atoms with van der Waals surface area (Å²) in [5.74, 6) is 1.85. The fourth-order valence-electron chi connectivity index (χ4n) is 3.13. The second kappa shape index (κ2) is 7.81. The van der Waals surface area contributed by atoms with E-state index in [-0.39, 0.29) is 5.56 Å². The summed E-state index contributed by atoms with van der Waals surface area (Å²) in [6.07, 6.45) is 3.35. The summed E-state index contributed by atoms with van der Waals surface area (Å²) < 4.78 is 5.29. The fourth-order valence-corrected chi connectivity index (χ4v) is 3.13. The first-order valence-electron chi connectivity index (χ1n) is 9.23. The van der Waals surface area contributed by atoms with Crippen LogP contribution in [0.15, 0.2) is 39.9 Å². The van der Waals surface area contributed by atoms with Gasteiger partial charge >= 0.3 is 0 Å². The Morgan fingerprint density at radius 3 is 2.79 bits per heavy atom. The second-order valence-corrected chi connectivity index (χ2v) is 6.87. The Morgan fingerprint density at radius 2 is 2.07 bits per heavy atom. The molecule has 0 saturated carbocycles. The molecule has 0 aliphatic carbocycles. The molecule has 0 atom stereocenters. The van der Waals surface area contributed by atoms with Gasteiger partial charge in [0, 0.05) is 44.0 Å². The minimum Gasteiger partial charge on any atom is -0.467 e. The molecule has 0 aromatic carbocycles. The van der Waals surface area contributed by atoms with Crippen LogP contribution in [0.1, 0.15) is 11.5 Å². The van der Waals surface area contributed by atoms with Gasteiger partial charge in [0.25, 0.3) is 5.56 Å². The minimum atomic E-state index is -0.241. The number of H-pyrrole nitrogens is 1. The molecule has 0 bridgehead atoms. The van der Waals surface area contributed by atoms with E-state index in [1.807, 2.05) is 19.1 Å². The van der Waals surface area contributed by atoms with Crippen molar-refractivity contribution in [3.05, 3.63) is 52.5 Å². The van der Waals surface area contributed by atoms with Crippen LogP contribution in [0, 0.1) is 6.92 Å². The number of aryl methyl sites for hydroxylation is 1. The topological polar surface area (TPSA) is 103 Å². The molecular formula is C19H23N7O2. The van der Waals surface area contributed by atoms with Crippen molar-refractivity contribution in [2.75, 3.05) is 43.4 Å². The fraction of sp³-hybridized carbons (Fsp3) is 0.368. The average molecular weight is 381 g/mol. The Kier molecular flexibility index (Phi) is 5.07. The summed E-state index contributed by atoms with van der Waals surface area (Å²) in [5, 5.41) is 3.07. The number of anilines is 2. The van der Waals surface area contributed by atoms with Gasteiger partial charge in [-0.3, -0.25) is 9.78 Å². The van der Waals surface area contributed by atoms with Gasteiger partial charge in [-0.15, -0.1) is 0 Å². The van der Waals surface area contributed by atoms with E-state index in [1.165, 1.54) is 6.07 Å². The Labute approximate surface area is 162 Å². The quantitative estimate of drug-likeness (QED) is 0.685. The zero-order valence-electron chi connectivity index (χ0n) is 16.0. The standard InChI is InChI=1S/C19H23N7O2/c1-13-15(12-21-19(22-13)26-7-5-25(2)6-8-26)16-10-17(27)24-18(23-16)20-11-14-4-3-9-28-14/h3-4,9-10,12H,5-8,11H2,1-2H3,(H2,20,23,24,27). The van der Waals surface area contributed by atoms with Gasteiger partial charge in [0.2, 0.25) is 11.9 Å². The molecule has 2 N–H and O–H groups in total. The van der Waals surface area contributed by atoms with Crippen molar-refractivity contribution in [1.82, 2.24) is 24.8 Å². The van der Waals surface area contributed by atoms with E-state index in [2.05, 4.69) is 42.1 Å². The predicted molar refractivity (Wildman–Crippen MR) is 106 cm³/mol. The molecule has 3 aromatic heterocycles. The van der Waals surface area contributed by atoms with Gasteiger partial charge < -0.3 is 19.5 Å². The number of aromatic amines is 1. The molecule has 9 nitrogen and oxygen atoms in total. The van der Waals surface area contributed by atoms with E-state index in [4.69, 9.17) is 4.42 Å². The van der Waals surface area contributed by atoms with Gasteiger partial charge in [0.15, 0.2) is 0 Å². The maximum absolute atomic E-state index is 12.1. The molecule has 4 rings (SSSR count). The van der Waals surface area contributed by atoms with Crippen LogP contribution in [0.25, 0.3) is 11.3 Å². The van der Waals surface area contributed by atoms with Crippen LogP contribution in [0.4, 0.5) is 11.9 Å². The number of nitrogens with zero attached hydrogens (tertiary/aromatic N) is 5. The number of likely N-dealkylation sites (N-methyl/N-ethyl adjacent to an activating group) is 1. The lowest BCUT2D eigenvalue weighted by Gasteiger charge is -2.32. The van der Waals surface area contributed by atoms with Crippen LogP contribution in [-0.2, 0) is 6.54 Å². The number of hydrogen-bond acceptors (Lipinski definition) is 8. The van der Waals surface area contributed by atoms with Crippen molar-refractivity contribution < 1.29 is 4.42 Å². The molecule has 3 aromatic rings. The summed E-state index contributed by atoms with van der Waals surface area (Å²) in [7, 11) is 2.11. The Morgan fingerprint density at radius 1 is 1.25 bits per heavy atom. The minimum absolute atomic E-state index is 0.241. The molecule has 1 aliphatic rings. The normalized spacial score (nSPS) is 15.0. The summed E-state index contributed by atoms with van der Waals surface area (Å²) in [6.45, 7) is 6.13. The molecule has 1 aliphatic heterocycles. The third kappa shape index (κ3) is 4.04. The summed E-state index contributed by atoms with van der Waals surface area (Å²) in [5.41, 5.74) is 1.83. The van der Waals surface area contributed by atoms with Crippen LogP contribution in [0.3, 0.4) is 0 Å². The first kappa shape index (κ1) is 18.2. The highest BCUT2D eigenvalue weighted by Crippen LogP contribution is 2.21. The number of furan rings is 1. The number of rotatable bonds is 5. The van der Waals surface area contributed by atoms with Gasteiger partial charge in [0.05, 0.1) is 24.2 Å². The molecule has 4 heterocycles. The molecular weight excluding hydrogens is 358 g/mol. The van der Waals surface area contributed by atoms with E-state index < -0.39 is 0 Å². The molecule has 1 fully saturated rings. The van der Waals surface area contributed by atoms with E-state index in [0.717, 1.165) is 49.1 Å². The van der Waals surface area contributed by atoms with Gasteiger partial charge in [0.1, 0.15) is 5.76 Å². The molecule has 0 radical (unpaired) electrons. The summed E-state index contributed by atoms with van der Waals surface area (Å²) >= 11 is 0. The van der Waals surface area contributed by atoms with Crippen LogP contribution < -0.4 is 15.8 Å². The lowest BCUT2D eigenvalue weighted by atomic mass is 10.2. The van der Waals surface area contributed by atoms with Crippen molar-refractivity contribution in [2.24, 2.45) is 0 Å². The lowest BCUT2D eigenvalue weighted by Crippen LogP contribution is -2.45. The molecule has 1 saturated heterocycles. The zero-order valence-corrected chi connectivity index (χ0v) is 16.0. The largest absolute Gasteiger partial charge is 0.467 e. The van der Waals surface area contributed by atoms with Crippen LogP contribution in [0.2, 0.25) is 0 Å². The molecule has 9 heteroatoms. The molecule has 0 unspecified atom stereocenters. The average Bonchev–Trinajstić information content (AvgIpc) is 3.20. The zero-order chi connectivity index (χ0) is 19.5. The highest BCUT2D eigenvalue weighted by Gasteiger charge is 2.18. The Bertz CT molecular complexity index is 992.